The van der Waals surface area contributed by atoms with Gasteiger partial charge in [0.2, 0.25) is 29.5 Å². The molecule has 14 nitrogen and oxygen atoms in total. The summed E-state index contributed by atoms with van der Waals surface area (Å²) in [7, 11) is 0. The van der Waals surface area contributed by atoms with Crippen molar-refractivity contribution in [1.29, 1.82) is 0 Å². The van der Waals surface area contributed by atoms with Crippen LogP contribution in [0, 0.1) is 5.92 Å². The first-order chi connectivity index (χ1) is 14.6. The van der Waals surface area contributed by atoms with E-state index in [1.807, 2.05) is 0 Å². The molecule has 0 radical (unpaired) electrons. The molecule has 0 saturated heterocycles. The standard InChI is InChI=1S/C18H32N6O8/c1-7(2)4-11(18(31)32)23-17(30)14(8(3)25)24-16(29)10(6-13(21)27)22-15(28)9(19)5-12(20)26/h7-11,14,25H,4-6,19H2,1-3H3,(H2,20,26)(H2,21,27)(H,22,28)(H,23,30)(H,24,29)(H,31,32). The van der Waals surface area contributed by atoms with Crippen molar-refractivity contribution < 1.29 is 39.0 Å². The number of hydrogen-bond donors (Lipinski definition) is 8. The summed E-state index contributed by atoms with van der Waals surface area (Å²) in [5, 5.41) is 25.7. The van der Waals surface area contributed by atoms with Gasteiger partial charge in [-0.25, -0.2) is 4.79 Å². The smallest absolute Gasteiger partial charge is 0.326 e. The van der Waals surface area contributed by atoms with E-state index in [0.717, 1.165) is 0 Å². The topological polar surface area (TPSA) is 257 Å². The third-order valence-corrected chi connectivity index (χ3v) is 4.18. The maximum atomic E-state index is 12.6. The summed E-state index contributed by atoms with van der Waals surface area (Å²) in [6, 6.07) is -5.87. The molecule has 0 saturated carbocycles. The quantitative estimate of drug-likeness (QED) is 0.125. The Bertz CT molecular complexity index is 726. The molecule has 14 heteroatoms. The molecule has 5 amide bonds. The third-order valence-electron chi connectivity index (χ3n) is 4.18. The van der Waals surface area contributed by atoms with Crippen LogP contribution < -0.4 is 33.2 Å². The second kappa shape index (κ2) is 13.2. The lowest BCUT2D eigenvalue weighted by Gasteiger charge is -2.26. The van der Waals surface area contributed by atoms with Crippen LogP contribution in [0.4, 0.5) is 0 Å². The number of carbonyl (C=O) groups is 6. The van der Waals surface area contributed by atoms with E-state index < -0.39 is 78.6 Å². The van der Waals surface area contributed by atoms with Crippen molar-refractivity contribution in [2.45, 2.75) is 70.3 Å². The molecule has 0 aliphatic carbocycles. The zero-order chi connectivity index (χ0) is 25.2. The Kier molecular flexibility index (Phi) is 11.9. The maximum absolute atomic E-state index is 12.6. The molecule has 0 aromatic heterocycles. The van der Waals surface area contributed by atoms with Crippen molar-refractivity contribution in [1.82, 2.24) is 16.0 Å². The van der Waals surface area contributed by atoms with Gasteiger partial charge in [-0.3, -0.25) is 24.0 Å². The molecule has 0 aliphatic heterocycles. The van der Waals surface area contributed by atoms with Crippen molar-refractivity contribution in [3.05, 3.63) is 0 Å². The molecule has 11 N–H and O–H groups in total. The van der Waals surface area contributed by atoms with Crippen LogP contribution in [0.15, 0.2) is 0 Å². The van der Waals surface area contributed by atoms with Gasteiger partial charge in [-0.05, 0) is 19.3 Å². The minimum Gasteiger partial charge on any atom is -0.480 e. The van der Waals surface area contributed by atoms with E-state index in [9.17, 15) is 39.0 Å². The number of aliphatic hydroxyl groups excluding tert-OH is 1. The highest BCUT2D eigenvalue weighted by atomic mass is 16.4. The summed E-state index contributed by atoms with van der Waals surface area (Å²) < 4.78 is 0. The number of aliphatic hydroxyl groups is 1. The second-order valence-corrected chi connectivity index (χ2v) is 7.76. The fraction of sp³-hybridized carbons (Fsp3) is 0.667. The molecule has 0 aliphatic rings. The summed E-state index contributed by atoms with van der Waals surface area (Å²) >= 11 is 0. The third kappa shape index (κ3) is 10.7. The molecular formula is C18H32N6O8. The first-order valence-electron chi connectivity index (χ1n) is 9.79. The Morgan fingerprint density at radius 2 is 1.28 bits per heavy atom. The molecule has 5 atom stereocenters. The molecule has 0 aromatic carbocycles. The number of nitrogens with one attached hydrogen (secondary N) is 3. The second-order valence-electron chi connectivity index (χ2n) is 7.76. The summed E-state index contributed by atoms with van der Waals surface area (Å²) in [6.07, 6.45) is -2.57. The number of amides is 5. The number of rotatable bonds is 14. The molecule has 0 spiro atoms. The van der Waals surface area contributed by atoms with Gasteiger partial charge in [0, 0.05) is 0 Å². The number of carboxylic acids is 1. The molecule has 0 fully saturated rings. The fourth-order valence-corrected chi connectivity index (χ4v) is 2.61. The fourth-order valence-electron chi connectivity index (χ4n) is 2.61. The van der Waals surface area contributed by atoms with E-state index in [2.05, 4.69) is 16.0 Å². The zero-order valence-corrected chi connectivity index (χ0v) is 18.2. The van der Waals surface area contributed by atoms with Crippen LogP contribution >= 0.6 is 0 Å². The van der Waals surface area contributed by atoms with Gasteiger partial charge in [0.05, 0.1) is 25.0 Å². The maximum Gasteiger partial charge on any atom is 0.326 e. The summed E-state index contributed by atoms with van der Waals surface area (Å²) in [4.78, 5) is 70.8. The molecular weight excluding hydrogens is 428 g/mol. The highest BCUT2D eigenvalue weighted by Crippen LogP contribution is 2.06. The largest absolute Gasteiger partial charge is 0.480 e. The number of aliphatic carboxylic acids is 1. The summed E-state index contributed by atoms with van der Waals surface area (Å²) in [5.74, 6) is -6.26. The predicted octanol–water partition coefficient (Wildman–Crippen LogP) is -3.97. The number of carbonyl (C=O) groups excluding carboxylic acids is 5. The van der Waals surface area contributed by atoms with Crippen LogP contribution in [0.25, 0.3) is 0 Å². The summed E-state index contributed by atoms with van der Waals surface area (Å²) in [6.45, 7) is 4.67. The van der Waals surface area contributed by atoms with Gasteiger partial charge in [0.25, 0.3) is 0 Å². The minimum atomic E-state index is -1.61. The predicted molar refractivity (Wildman–Crippen MR) is 110 cm³/mol. The Balaban J connectivity index is 5.45. The highest BCUT2D eigenvalue weighted by Gasteiger charge is 2.33. The molecule has 0 bridgehead atoms. The Hall–Kier alpha value is -3.26. The van der Waals surface area contributed by atoms with Gasteiger partial charge < -0.3 is 43.4 Å². The van der Waals surface area contributed by atoms with Crippen LogP contribution in [-0.2, 0) is 28.8 Å². The lowest BCUT2D eigenvalue weighted by atomic mass is 10.0. The van der Waals surface area contributed by atoms with Gasteiger partial charge in [0.1, 0.15) is 18.1 Å². The van der Waals surface area contributed by atoms with Crippen molar-refractivity contribution in [3.63, 3.8) is 0 Å². The zero-order valence-electron chi connectivity index (χ0n) is 18.2. The molecule has 0 heterocycles. The van der Waals surface area contributed by atoms with E-state index in [1.54, 1.807) is 13.8 Å². The van der Waals surface area contributed by atoms with Crippen molar-refractivity contribution in [2.24, 2.45) is 23.1 Å². The molecule has 0 rings (SSSR count). The minimum absolute atomic E-state index is 0.0734. The average Bonchev–Trinajstić information content (AvgIpc) is 2.62. The van der Waals surface area contributed by atoms with Crippen molar-refractivity contribution in [3.8, 4) is 0 Å². The normalized spacial score (nSPS) is 15.6. The van der Waals surface area contributed by atoms with Gasteiger partial charge in [-0.1, -0.05) is 13.8 Å². The van der Waals surface area contributed by atoms with Crippen molar-refractivity contribution >= 4 is 35.5 Å². The Morgan fingerprint density at radius 3 is 1.69 bits per heavy atom. The SMILES string of the molecule is CC(C)CC(NC(=O)C(NC(=O)C(CC(N)=O)NC(=O)C(N)CC(N)=O)C(C)O)C(=O)O. The lowest BCUT2D eigenvalue weighted by molar-refractivity contribution is -0.143. The van der Waals surface area contributed by atoms with Crippen LogP contribution in [0.5, 0.6) is 0 Å². The van der Waals surface area contributed by atoms with Gasteiger partial charge in [-0.15, -0.1) is 0 Å². The van der Waals surface area contributed by atoms with Gasteiger partial charge in [0.15, 0.2) is 0 Å². The number of primary amides is 2. The Morgan fingerprint density at radius 1 is 0.781 bits per heavy atom. The molecule has 5 unspecified atom stereocenters. The van der Waals surface area contributed by atoms with Crippen molar-refractivity contribution in [2.75, 3.05) is 0 Å². The van der Waals surface area contributed by atoms with E-state index in [0.29, 0.717) is 0 Å². The highest BCUT2D eigenvalue weighted by molar-refractivity contribution is 5.97. The van der Waals surface area contributed by atoms with Crippen LogP contribution in [0.3, 0.4) is 0 Å². The Labute approximate surface area is 184 Å². The average molecular weight is 460 g/mol. The molecule has 32 heavy (non-hydrogen) atoms. The van der Waals surface area contributed by atoms with E-state index in [1.165, 1.54) is 6.92 Å². The monoisotopic (exact) mass is 460 g/mol. The van der Waals surface area contributed by atoms with Crippen LogP contribution in [0.2, 0.25) is 0 Å². The first kappa shape index (κ1) is 28.7. The van der Waals surface area contributed by atoms with E-state index in [-0.39, 0.29) is 12.3 Å². The number of hydrogen-bond acceptors (Lipinski definition) is 8. The number of carboxylic acid groups (broad SMARTS) is 1. The lowest BCUT2D eigenvalue weighted by Crippen LogP contribution is -2.60. The van der Waals surface area contributed by atoms with E-state index >= 15 is 0 Å². The first-order valence-corrected chi connectivity index (χ1v) is 9.79. The van der Waals surface area contributed by atoms with Gasteiger partial charge >= 0.3 is 5.97 Å². The van der Waals surface area contributed by atoms with Gasteiger partial charge in [-0.2, -0.15) is 0 Å². The van der Waals surface area contributed by atoms with Crippen LogP contribution in [-0.4, -0.2) is 76.0 Å². The number of nitrogens with two attached hydrogens (primary N) is 3. The van der Waals surface area contributed by atoms with Crippen LogP contribution in [0.1, 0.15) is 40.0 Å². The van der Waals surface area contributed by atoms with E-state index in [4.69, 9.17) is 17.2 Å². The molecule has 182 valence electrons. The summed E-state index contributed by atoms with van der Waals surface area (Å²) in [5.41, 5.74) is 15.5. The molecule has 0 aromatic rings.